The molecule has 0 heterocycles. The Morgan fingerprint density at radius 2 is 1.96 bits per heavy atom. The van der Waals surface area contributed by atoms with Gasteiger partial charge in [0.2, 0.25) is 0 Å². The first-order valence-electron chi connectivity index (χ1n) is 7.03. The number of ether oxygens (including phenoxy) is 2. The molecule has 5 heteroatoms. The maximum atomic E-state index is 12.9. The van der Waals surface area contributed by atoms with Crippen molar-refractivity contribution in [2.24, 2.45) is 0 Å². The molecule has 0 N–H and O–H groups in total. The number of hydrogen-bond acceptors (Lipinski definition) is 3. The lowest BCUT2D eigenvalue weighted by molar-refractivity contribution is 0.104. The van der Waals surface area contributed by atoms with Crippen molar-refractivity contribution in [3.63, 3.8) is 0 Å². The van der Waals surface area contributed by atoms with E-state index in [9.17, 15) is 9.18 Å². The summed E-state index contributed by atoms with van der Waals surface area (Å²) in [5, 5.41) is 0. The zero-order chi connectivity index (χ0) is 16.8. The van der Waals surface area contributed by atoms with Crippen molar-refractivity contribution in [3.05, 3.63) is 63.9 Å². The maximum absolute atomic E-state index is 12.9. The molecular formula is C18H16BrFO3. The molecule has 120 valence electrons. The normalized spacial score (nSPS) is 10.8. The van der Waals surface area contributed by atoms with Crippen LogP contribution in [0.25, 0.3) is 6.08 Å². The highest BCUT2D eigenvalue weighted by Crippen LogP contribution is 2.37. The lowest BCUT2D eigenvalue weighted by Gasteiger charge is -2.12. The average molecular weight is 379 g/mol. The molecule has 23 heavy (non-hydrogen) atoms. The number of hydrogen-bond donors (Lipinski definition) is 0. The van der Waals surface area contributed by atoms with Crippen LogP contribution in [0.4, 0.5) is 4.39 Å². The number of halogens is 2. The second-order valence-electron chi connectivity index (χ2n) is 4.67. The van der Waals surface area contributed by atoms with E-state index in [1.807, 2.05) is 13.0 Å². The molecule has 0 fully saturated rings. The van der Waals surface area contributed by atoms with Gasteiger partial charge in [0.05, 0.1) is 18.2 Å². The summed E-state index contributed by atoms with van der Waals surface area (Å²) in [7, 11) is 1.56. The second-order valence-corrected chi connectivity index (χ2v) is 5.53. The summed E-state index contributed by atoms with van der Waals surface area (Å²) in [6.45, 7) is 2.41. The molecule has 0 aliphatic rings. The third-order valence-electron chi connectivity index (χ3n) is 3.10. The molecule has 0 spiro atoms. The van der Waals surface area contributed by atoms with E-state index >= 15 is 0 Å². The van der Waals surface area contributed by atoms with Crippen molar-refractivity contribution in [3.8, 4) is 11.5 Å². The third-order valence-corrected chi connectivity index (χ3v) is 3.69. The summed E-state index contributed by atoms with van der Waals surface area (Å²) in [6, 6.07) is 9.05. The van der Waals surface area contributed by atoms with Crippen LogP contribution in [-0.2, 0) is 0 Å². The molecule has 0 aliphatic carbocycles. The molecule has 0 aliphatic heterocycles. The van der Waals surface area contributed by atoms with Crippen LogP contribution in [0.3, 0.4) is 0 Å². The number of carbonyl (C=O) groups excluding carboxylic acids is 1. The Morgan fingerprint density at radius 1 is 1.26 bits per heavy atom. The minimum absolute atomic E-state index is 0.200. The van der Waals surface area contributed by atoms with Crippen LogP contribution in [0.5, 0.6) is 11.5 Å². The summed E-state index contributed by atoms with van der Waals surface area (Å²) in [4.78, 5) is 12.1. The molecule has 0 unspecified atom stereocenters. The fourth-order valence-electron chi connectivity index (χ4n) is 2.00. The van der Waals surface area contributed by atoms with Gasteiger partial charge in [-0.05, 0) is 70.9 Å². The van der Waals surface area contributed by atoms with Gasteiger partial charge in [0.1, 0.15) is 5.82 Å². The molecule has 2 rings (SSSR count). The first-order chi connectivity index (χ1) is 11.0. The average Bonchev–Trinajstić information content (AvgIpc) is 2.55. The number of carbonyl (C=O) groups is 1. The molecular weight excluding hydrogens is 363 g/mol. The van der Waals surface area contributed by atoms with Gasteiger partial charge in [-0.1, -0.05) is 6.08 Å². The van der Waals surface area contributed by atoms with E-state index in [4.69, 9.17) is 9.47 Å². The molecule has 0 radical (unpaired) electrons. The SMILES string of the molecule is CCOc1c(Br)cc(/C=C/C(=O)c2ccc(F)cc2)cc1OC. The van der Waals surface area contributed by atoms with Crippen LogP contribution >= 0.6 is 15.9 Å². The van der Waals surface area contributed by atoms with E-state index in [0.29, 0.717) is 23.7 Å². The lowest BCUT2D eigenvalue weighted by atomic mass is 10.1. The van der Waals surface area contributed by atoms with Crippen LogP contribution < -0.4 is 9.47 Å². The Hall–Kier alpha value is -2.14. The van der Waals surface area contributed by atoms with Gasteiger partial charge >= 0.3 is 0 Å². The zero-order valence-electron chi connectivity index (χ0n) is 12.8. The smallest absolute Gasteiger partial charge is 0.185 e. The Bertz CT molecular complexity index is 724. The van der Waals surface area contributed by atoms with Crippen LogP contribution in [0.1, 0.15) is 22.8 Å². The highest BCUT2D eigenvalue weighted by atomic mass is 79.9. The van der Waals surface area contributed by atoms with Crippen LogP contribution in [0.2, 0.25) is 0 Å². The topological polar surface area (TPSA) is 35.5 Å². The van der Waals surface area contributed by atoms with Gasteiger partial charge in [-0.2, -0.15) is 0 Å². The highest BCUT2D eigenvalue weighted by molar-refractivity contribution is 9.10. The fraction of sp³-hybridized carbons (Fsp3) is 0.167. The molecule has 0 aromatic heterocycles. The molecule has 3 nitrogen and oxygen atoms in total. The van der Waals surface area contributed by atoms with Crippen molar-refractivity contribution in [1.29, 1.82) is 0 Å². The number of ketones is 1. The zero-order valence-corrected chi connectivity index (χ0v) is 14.4. The van der Waals surface area contributed by atoms with E-state index in [0.717, 1.165) is 10.0 Å². The minimum Gasteiger partial charge on any atom is -0.493 e. The number of methoxy groups -OCH3 is 1. The van der Waals surface area contributed by atoms with Gasteiger partial charge in [0.15, 0.2) is 17.3 Å². The third kappa shape index (κ3) is 4.42. The highest BCUT2D eigenvalue weighted by Gasteiger charge is 2.10. The van der Waals surface area contributed by atoms with Gasteiger partial charge in [0, 0.05) is 5.56 Å². The molecule has 0 saturated heterocycles. The first kappa shape index (κ1) is 17.2. The molecule has 0 atom stereocenters. The molecule has 2 aromatic rings. The Kier molecular flexibility index (Phi) is 5.93. The van der Waals surface area contributed by atoms with Crippen LogP contribution in [-0.4, -0.2) is 19.5 Å². The van der Waals surface area contributed by atoms with Crippen molar-refractivity contribution >= 4 is 27.8 Å². The van der Waals surface area contributed by atoms with Gasteiger partial charge in [-0.15, -0.1) is 0 Å². The molecule has 2 aromatic carbocycles. The minimum atomic E-state index is -0.370. The first-order valence-corrected chi connectivity index (χ1v) is 7.82. The summed E-state index contributed by atoms with van der Waals surface area (Å²) in [5.74, 6) is 0.631. The van der Waals surface area contributed by atoms with Gasteiger partial charge in [0.25, 0.3) is 0 Å². The van der Waals surface area contributed by atoms with Gasteiger partial charge in [-0.25, -0.2) is 4.39 Å². The quantitative estimate of drug-likeness (QED) is 0.530. The predicted octanol–water partition coefficient (Wildman–Crippen LogP) is 4.89. The van der Waals surface area contributed by atoms with Crippen molar-refractivity contribution < 1.29 is 18.7 Å². The Morgan fingerprint density at radius 3 is 2.57 bits per heavy atom. The van der Waals surface area contributed by atoms with E-state index < -0.39 is 0 Å². The summed E-state index contributed by atoms with van der Waals surface area (Å²) in [5.41, 5.74) is 1.22. The standard InChI is InChI=1S/C18H16BrFO3/c1-3-23-18-15(19)10-12(11-17(18)22-2)4-9-16(21)13-5-7-14(20)8-6-13/h4-11H,3H2,1-2H3/b9-4+. The van der Waals surface area contributed by atoms with Crippen LogP contribution in [0.15, 0.2) is 46.9 Å². The van der Waals surface area contributed by atoms with E-state index in [-0.39, 0.29) is 11.6 Å². The lowest BCUT2D eigenvalue weighted by Crippen LogP contribution is -1.97. The summed E-state index contributed by atoms with van der Waals surface area (Å²) in [6.07, 6.45) is 3.11. The molecule has 0 bridgehead atoms. The van der Waals surface area contributed by atoms with E-state index in [1.165, 1.54) is 30.3 Å². The maximum Gasteiger partial charge on any atom is 0.185 e. The Labute approximate surface area is 142 Å². The number of rotatable bonds is 6. The number of allylic oxidation sites excluding steroid dienone is 1. The number of benzene rings is 2. The molecule has 0 saturated carbocycles. The van der Waals surface area contributed by atoms with E-state index in [2.05, 4.69) is 15.9 Å². The monoisotopic (exact) mass is 378 g/mol. The van der Waals surface area contributed by atoms with Crippen molar-refractivity contribution in [2.45, 2.75) is 6.92 Å². The fourth-order valence-corrected chi connectivity index (χ4v) is 2.58. The largest absolute Gasteiger partial charge is 0.493 e. The van der Waals surface area contributed by atoms with Gasteiger partial charge in [-0.3, -0.25) is 4.79 Å². The predicted molar refractivity (Wildman–Crippen MR) is 91.6 cm³/mol. The van der Waals surface area contributed by atoms with Crippen molar-refractivity contribution in [1.82, 2.24) is 0 Å². The van der Waals surface area contributed by atoms with Gasteiger partial charge < -0.3 is 9.47 Å². The van der Waals surface area contributed by atoms with Crippen LogP contribution in [0, 0.1) is 5.82 Å². The second kappa shape index (κ2) is 7.92. The summed E-state index contributed by atoms with van der Waals surface area (Å²) < 4.78 is 24.4. The Balaban J connectivity index is 2.23. The van der Waals surface area contributed by atoms with Crippen molar-refractivity contribution in [2.75, 3.05) is 13.7 Å². The molecule has 0 amide bonds. The van der Waals surface area contributed by atoms with E-state index in [1.54, 1.807) is 19.3 Å². The summed E-state index contributed by atoms with van der Waals surface area (Å²) >= 11 is 3.43.